The van der Waals surface area contributed by atoms with E-state index in [-0.39, 0.29) is 17.8 Å². The summed E-state index contributed by atoms with van der Waals surface area (Å²) in [6.07, 6.45) is 15.7. The number of nitro benzene ring substituents is 1. The quantitative estimate of drug-likeness (QED) is 0.120. The molecule has 0 unspecified atom stereocenters. The third-order valence-electron chi connectivity index (χ3n) is 6.29. The Bertz CT molecular complexity index is 831. The molecule has 10 heteroatoms. The zero-order chi connectivity index (χ0) is 24.6. The fraction of sp³-hybridized carbons (Fsp3) is 0.750. The van der Waals surface area contributed by atoms with Gasteiger partial charge in [0.2, 0.25) is 5.52 Å². The van der Waals surface area contributed by atoms with E-state index >= 15 is 0 Å². The number of benzene rings is 1. The molecular weight excluding hydrogens is 438 g/mol. The van der Waals surface area contributed by atoms with Gasteiger partial charge in [0, 0.05) is 12.6 Å². The van der Waals surface area contributed by atoms with Crippen molar-refractivity contribution in [1.29, 1.82) is 0 Å². The van der Waals surface area contributed by atoms with E-state index in [1.807, 2.05) is 0 Å². The zero-order valence-corrected chi connectivity index (χ0v) is 20.2. The number of nitro groups is 1. The summed E-state index contributed by atoms with van der Waals surface area (Å²) in [6, 6.07) is 2.57. The number of aromatic nitrogens is 2. The molecule has 10 nitrogen and oxygen atoms in total. The lowest BCUT2D eigenvalue weighted by atomic mass is 10.0. The molecule has 0 bridgehead atoms. The number of hydrogen-bond acceptors (Lipinski definition) is 9. The lowest BCUT2D eigenvalue weighted by Crippen LogP contribution is -2.37. The van der Waals surface area contributed by atoms with E-state index in [4.69, 9.17) is 10.8 Å². The summed E-state index contributed by atoms with van der Waals surface area (Å²) in [7, 11) is 0. The van der Waals surface area contributed by atoms with Gasteiger partial charge in [0.1, 0.15) is 0 Å². The molecule has 192 valence electrons. The minimum absolute atomic E-state index is 0.0987. The second-order valence-electron chi connectivity index (χ2n) is 9.08. The third-order valence-corrected chi connectivity index (χ3v) is 6.29. The van der Waals surface area contributed by atoms with Crippen LogP contribution in [0.4, 0.5) is 11.4 Å². The molecule has 0 spiro atoms. The highest BCUT2D eigenvalue weighted by atomic mass is 16.6. The fourth-order valence-electron chi connectivity index (χ4n) is 4.13. The highest BCUT2D eigenvalue weighted by Gasteiger charge is 2.19. The number of anilines is 1. The van der Waals surface area contributed by atoms with Crippen molar-refractivity contribution in [3.63, 3.8) is 0 Å². The van der Waals surface area contributed by atoms with Crippen LogP contribution in [-0.4, -0.2) is 50.7 Å². The minimum Gasteiger partial charge on any atom is -0.395 e. The summed E-state index contributed by atoms with van der Waals surface area (Å²) in [6.45, 7) is 0.626. The van der Waals surface area contributed by atoms with Gasteiger partial charge < -0.3 is 21.3 Å². The number of unbranched alkanes of at least 4 members (excludes halogenated alkanes) is 12. The molecule has 2 rings (SSSR count). The second-order valence-corrected chi connectivity index (χ2v) is 9.08. The molecule has 0 saturated heterocycles. The van der Waals surface area contributed by atoms with Crippen LogP contribution in [-0.2, 0) is 0 Å². The Hall–Kier alpha value is -2.30. The number of nitrogens with one attached hydrogen (secondary N) is 1. The van der Waals surface area contributed by atoms with Crippen LogP contribution in [0.5, 0.6) is 0 Å². The molecule has 0 amide bonds. The third kappa shape index (κ3) is 9.90. The van der Waals surface area contributed by atoms with E-state index in [1.165, 1.54) is 63.9 Å². The zero-order valence-electron chi connectivity index (χ0n) is 20.2. The topological polar surface area (TPSA) is 161 Å². The average Bonchev–Trinajstić information content (AvgIpc) is 3.33. The number of hydrogen-bond donors (Lipinski definition) is 4. The standard InChI is InChI=1S/C24H41N5O5/c25-19(18-30)22(31)14-12-10-8-6-4-2-1-3-5-7-9-11-13-17-26-20-15-16-21(29(32)33)24-23(20)27-34-28-24/h15-16,19,22,26,30-31H,1-14,17-18,25H2/t19-,22+/m0/s1. The van der Waals surface area contributed by atoms with E-state index in [0.29, 0.717) is 17.6 Å². The van der Waals surface area contributed by atoms with Crippen LogP contribution in [0.2, 0.25) is 0 Å². The molecule has 1 aromatic heterocycles. The predicted octanol–water partition coefficient (Wildman–Crippen LogP) is 4.68. The Kier molecular flexibility index (Phi) is 13.4. The molecule has 2 atom stereocenters. The maximum Gasteiger partial charge on any atom is 0.300 e. The smallest absolute Gasteiger partial charge is 0.300 e. The van der Waals surface area contributed by atoms with Crippen LogP contribution in [0.1, 0.15) is 89.9 Å². The highest BCUT2D eigenvalue weighted by Crippen LogP contribution is 2.28. The van der Waals surface area contributed by atoms with E-state index < -0.39 is 17.1 Å². The second kappa shape index (κ2) is 16.3. The van der Waals surface area contributed by atoms with Crippen LogP contribution in [0.25, 0.3) is 11.0 Å². The van der Waals surface area contributed by atoms with Gasteiger partial charge in [0.25, 0.3) is 0 Å². The number of nitrogens with zero attached hydrogens (tertiary/aromatic N) is 3. The van der Waals surface area contributed by atoms with Crippen LogP contribution in [0.3, 0.4) is 0 Å². The number of rotatable bonds is 20. The first-order valence-electron chi connectivity index (χ1n) is 12.7. The van der Waals surface area contributed by atoms with Crippen LogP contribution < -0.4 is 11.1 Å². The van der Waals surface area contributed by atoms with E-state index in [0.717, 1.165) is 32.2 Å². The summed E-state index contributed by atoms with van der Waals surface area (Å²) in [5.41, 5.74) is 6.79. The number of fused-ring (bicyclic) bond motifs is 1. The largest absolute Gasteiger partial charge is 0.395 e. The van der Waals surface area contributed by atoms with Gasteiger partial charge in [0.15, 0.2) is 5.52 Å². The first-order valence-corrected chi connectivity index (χ1v) is 12.7. The van der Waals surface area contributed by atoms with Gasteiger partial charge in [-0.25, -0.2) is 4.63 Å². The van der Waals surface area contributed by atoms with Crippen molar-refractivity contribution in [3.05, 3.63) is 22.2 Å². The summed E-state index contributed by atoms with van der Waals surface area (Å²) in [4.78, 5) is 10.6. The maximum absolute atomic E-state index is 11.0. The number of aliphatic hydroxyl groups excluding tert-OH is 2. The first-order chi connectivity index (χ1) is 16.5. The van der Waals surface area contributed by atoms with Gasteiger partial charge in [-0.05, 0) is 29.2 Å². The van der Waals surface area contributed by atoms with Gasteiger partial charge in [-0.1, -0.05) is 77.0 Å². The van der Waals surface area contributed by atoms with Gasteiger partial charge in [-0.2, -0.15) is 0 Å². The minimum atomic E-state index is -0.584. The molecule has 0 radical (unpaired) electrons. The molecule has 0 aliphatic heterocycles. The van der Waals surface area contributed by atoms with Crippen molar-refractivity contribution in [1.82, 2.24) is 10.3 Å². The van der Waals surface area contributed by atoms with E-state index in [9.17, 15) is 15.2 Å². The monoisotopic (exact) mass is 479 g/mol. The number of nitrogens with two attached hydrogens (primary N) is 1. The Labute approximate surface area is 201 Å². The molecule has 0 aliphatic rings. The highest BCUT2D eigenvalue weighted by molar-refractivity contribution is 5.93. The summed E-state index contributed by atoms with van der Waals surface area (Å²) < 4.78 is 4.68. The Morgan fingerprint density at radius 3 is 2.00 bits per heavy atom. The van der Waals surface area contributed by atoms with Crippen molar-refractivity contribution < 1.29 is 19.8 Å². The lowest BCUT2D eigenvalue weighted by molar-refractivity contribution is -0.383. The van der Waals surface area contributed by atoms with Gasteiger partial charge in [-0.3, -0.25) is 10.1 Å². The SMILES string of the molecule is N[C@@H](CO)[C@H](O)CCCCCCCCCCCCCCCNc1ccc([N+](=O)[O-])c2nonc12. The van der Waals surface area contributed by atoms with Gasteiger partial charge in [0.05, 0.1) is 29.4 Å². The number of non-ortho nitro benzene ring substituents is 1. The molecule has 1 heterocycles. The normalized spacial score (nSPS) is 13.3. The van der Waals surface area contributed by atoms with Crippen molar-refractivity contribution in [3.8, 4) is 0 Å². The van der Waals surface area contributed by atoms with Gasteiger partial charge in [-0.15, -0.1) is 0 Å². The van der Waals surface area contributed by atoms with Crippen molar-refractivity contribution in [2.24, 2.45) is 5.73 Å². The van der Waals surface area contributed by atoms with Crippen LogP contribution in [0.15, 0.2) is 16.8 Å². The molecule has 1 aromatic carbocycles. The Morgan fingerprint density at radius 1 is 0.912 bits per heavy atom. The maximum atomic E-state index is 11.0. The summed E-state index contributed by atoms with van der Waals surface area (Å²) >= 11 is 0. The summed E-state index contributed by atoms with van der Waals surface area (Å²) in [5, 5.41) is 40.4. The molecule has 2 aromatic rings. The average molecular weight is 480 g/mol. The van der Waals surface area contributed by atoms with Crippen LogP contribution in [0, 0.1) is 10.1 Å². The lowest BCUT2D eigenvalue weighted by Gasteiger charge is -2.15. The molecule has 5 N–H and O–H groups in total. The number of aliphatic hydroxyl groups is 2. The molecule has 34 heavy (non-hydrogen) atoms. The first kappa shape index (κ1) is 27.9. The molecule has 0 fully saturated rings. The fourth-order valence-corrected chi connectivity index (χ4v) is 4.13. The Balaban J connectivity index is 1.39. The molecule has 0 aliphatic carbocycles. The predicted molar refractivity (Wildman–Crippen MR) is 133 cm³/mol. The van der Waals surface area contributed by atoms with E-state index in [2.05, 4.69) is 20.3 Å². The Morgan fingerprint density at radius 2 is 1.44 bits per heavy atom. The van der Waals surface area contributed by atoms with Crippen molar-refractivity contribution >= 4 is 22.4 Å². The van der Waals surface area contributed by atoms with Gasteiger partial charge >= 0.3 is 5.69 Å². The van der Waals surface area contributed by atoms with Crippen molar-refractivity contribution in [2.75, 3.05) is 18.5 Å². The van der Waals surface area contributed by atoms with Crippen molar-refractivity contribution in [2.45, 2.75) is 102 Å². The molecular formula is C24H41N5O5. The van der Waals surface area contributed by atoms with E-state index in [1.54, 1.807) is 6.07 Å². The molecule has 0 saturated carbocycles. The summed E-state index contributed by atoms with van der Waals surface area (Å²) in [5.74, 6) is 0. The van der Waals surface area contributed by atoms with Crippen LogP contribution >= 0.6 is 0 Å².